The van der Waals surface area contributed by atoms with E-state index in [1.165, 1.54) is 12.1 Å². The van der Waals surface area contributed by atoms with Gasteiger partial charge in [0.05, 0.1) is 26.4 Å². The molecule has 2 atom stereocenters. The van der Waals surface area contributed by atoms with Crippen molar-refractivity contribution >= 4 is 5.96 Å². The summed E-state index contributed by atoms with van der Waals surface area (Å²) in [6, 6.07) is 6.39. The smallest absolute Gasteiger partial charge is 0.194 e. The zero-order chi connectivity index (χ0) is 19.5. The molecule has 0 saturated carbocycles. The van der Waals surface area contributed by atoms with Gasteiger partial charge in [-0.25, -0.2) is 4.39 Å². The van der Waals surface area contributed by atoms with Crippen LogP contribution in [-0.4, -0.2) is 71.1 Å². The fraction of sp³-hybridized carbons (Fsp3) is 0.650. The highest BCUT2D eigenvalue weighted by Crippen LogP contribution is 2.19. The van der Waals surface area contributed by atoms with Crippen molar-refractivity contribution in [3.8, 4) is 0 Å². The standard InChI is InChI=1S/C20H32FN3O3/c1-4-22-20(24-10-9-16(14-24)15-27-12-11-25-2)23-13-19(26-3)17-5-7-18(21)8-6-17/h5-8,16,19H,4,9-15H2,1-3H3,(H,22,23). The summed E-state index contributed by atoms with van der Waals surface area (Å²) >= 11 is 0. The molecule has 1 aliphatic rings. The maximum absolute atomic E-state index is 13.1. The van der Waals surface area contributed by atoms with Crippen molar-refractivity contribution in [2.75, 3.05) is 60.2 Å². The number of nitrogens with one attached hydrogen (secondary N) is 1. The van der Waals surface area contributed by atoms with Crippen LogP contribution in [-0.2, 0) is 14.2 Å². The van der Waals surface area contributed by atoms with Gasteiger partial charge in [0.1, 0.15) is 11.9 Å². The van der Waals surface area contributed by atoms with Crippen LogP contribution in [0.4, 0.5) is 4.39 Å². The van der Waals surface area contributed by atoms with E-state index < -0.39 is 0 Å². The molecule has 0 aromatic heterocycles. The van der Waals surface area contributed by atoms with Crippen molar-refractivity contribution in [2.24, 2.45) is 10.9 Å². The van der Waals surface area contributed by atoms with Crippen LogP contribution in [0.15, 0.2) is 29.3 Å². The lowest BCUT2D eigenvalue weighted by Crippen LogP contribution is -2.40. The predicted molar refractivity (Wildman–Crippen MR) is 105 cm³/mol. The second kappa shape index (κ2) is 11.9. The molecule has 1 aromatic rings. The maximum Gasteiger partial charge on any atom is 0.194 e. The molecule has 152 valence electrons. The molecular formula is C20H32FN3O3. The van der Waals surface area contributed by atoms with Gasteiger partial charge < -0.3 is 24.4 Å². The summed E-state index contributed by atoms with van der Waals surface area (Å²) in [5.74, 6) is 1.14. The summed E-state index contributed by atoms with van der Waals surface area (Å²) < 4.78 is 29.4. The third-order valence-corrected chi connectivity index (χ3v) is 4.64. The number of rotatable bonds is 10. The van der Waals surface area contributed by atoms with Gasteiger partial charge in [0.2, 0.25) is 0 Å². The predicted octanol–water partition coefficient (Wildman–Crippen LogP) is 2.46. The summed E-state index contributed by atoms with van der Waals surface area (Å²) in [4.78, 5) is 7.03. The van der Waals surface area contributed by atoms with Gasteiger partial charge in [0.25, 0.3) is 0 Å². The number of benzene rings is 1. The number of halogens is 1. The molecule has 0 aliphatic carbocycles. The Morgan fingerprint density at radius 2 is 2.07 bits per heavy atom. The molecule has 1 N–H and O–H groups in total. The van der Waals surface area contributed by atoms with Crippen LogP contribution in [0, 0.1) is 11.7 Å². The molecule has 0 radical (unpaired) electrons. The summed E-state index contributed by atoms with van der Waals surface area (Å²) in [6.45, 7) is 7.23. The molecule has 1 heterocycles. The summed E-state index contributed by atoms with van der Waals surface area (Å²) in [5, 5.41) is 3.36. The molecule has 1 saturated heterocycles. The first-order valence-corrected chi connectivity index (χ1v) is 9.56. The van der Waals surface area contributed by atoms with Crippen LogP contribution >= 0.6 is 0 Å². The number of aliphatic imine (C=N–C) groups is 1. The van der Waals surface area contributed by atoms with Crippen molar-refractivity contribution in [1.29, 1.82) is 0 Å². The van der Waals surface area contributed by atoms with Crippen molar-refractivity contribution in [1.82, 2.24) is 10.2 Å². The number of nitrogens with zero attached hydrogens (tertiary/aromatic N) is 2. The first-order chi connectivity index (χ1) is 13.2. The van der Waals surface area contributed by atoms with Crippen LogP contribution in [0.1, 0.15) is 25.0 Å². The van der Waals surface area contributed by atoms with Crippen molar-refractivity contribution in [2.45, 2.75) is 19.4 Å². The Morgan fingerprint density at radius 1 is 1.30 bits per heavy atom. The lowest BCUT2D eigenvalue weighted by atomic mass is 10.1. The SMILES string of the molecule is CCNC(=NCC(OC)c1ccc(F)cc1)N1CCC(COCCOC)C1. The number of hydrogen-bond donors (Lipinski definition) is 1. The molecule has 27 heavy (non-hydrogen) atoms. The van der Waals surface area contributed by atoms with E-state index in [-0.39, 0.29) is 11.9 Å². The fourth-order valence-electron chi connectivity index (χ4n) is 3.14. The lowest BCUT2D eigenvalue weighted by Gasteiger charge is -2.23. The zero-order valence-corrected chi connectivity index (χ0v) is 16.6. The first-order valence-electron chi connectivity index (χ1n) is 9.56. The third kappa shape index (κ3) is 7.08. The van der Waals surface area contributed by atoms with Gasteiger partial charge >= 0.3 is 0 Å². The van der Waals surface area contributed by atoms with E-state index in [9.17, 15) is 4.39 Å². The largest absolute Gasteiger partial charge is 0.382 e. The molecule has 6 nitrogen and oxygen atoms in total. The highest BCUT2D eigenvalue weighted by atomic mass is 19.1. The summed E-state index contributed by atoms with van der Waals surface area (Å²) in [6.07, 6.45) is 0.887. The first kappa shape index (κ1) is 21.6. The summed E-state index contributed by atoms with van der Waals surface area (Å²) in [7, 11) is 3.33. The van der Waals surface area contributed by atoms with Crippen LogP contribution in [0.5, 0.6) is 0 Å². The molecule has 2 rings (SSSR count). The fourth-order valence-corrected chi connectivity index (χ4v) is 3.14. The number of guanidine groups is 1. The zero-order valence-electron chi connectivity index (χ0n) is 16.6. The Hall–Kier alpha value is -1.70. The Kier molecular flexibility index (Phi) is 9.52. The van der Waals surface area contributed by atoms with Crippen molar-refractivity contribution in [3.63, 3.8) is 0 Å². The van der Waals surface area contributed by atoms with E-state index in [1.54, 1.807) is 26.4 Å². The maximum atomic E-state index is 13.1. The van der Waals surface area contributed by atoms with Crippen molar-refractivity contribution < 1.29 is 18.6 Å². The Labute approximate surface area is 161 Å². The topological polar surface area (TPSA) is 55.3 Å². The second-order valence-electron chi connectivity index (χ2n) is 6.64. The lowest BCUT2D eigenvalue weighted by molar-refractivity contribution is 0.0536. The monoisotopic (exact) mass is 381 g/mol. The quantitative estimate of drug-likeness (QED) is 0.383. The molecule has 0 spiro atoms. The highest BCUT2D eigenvalue weighted by molar-refractivity contribution is 5.80. The average molecular weight is 381 g/mol. The molecule has 1 fully saturated rings. The molecule has 2 unspecified atom stereocenters. The van der Waals surface area contributed by atoms with Crippen LogP contribution < -0.4 is 5.32 Å². The number of hydrogen-bond acceptors (Lipinski definition) is 4. The van der Waals surface area contributed by atoms with E-state index in [0.717, 1.165) is 44.2 Å². The molecular weight excluding hydrogens is 349 g/mol. The van der Waals surface area contributed by atoms with E-state index in [0.29, 0.717) is 25.7 Å². The van der Waals surface area contributed by atoms with Gasteiger partial charge in [-0.1, -0.05) is 12.1 Å². The number of likely N-dealkylation sites (tertiary alicyclic amines) is 1. The van der Waals surface area contributed by atoms with Gasteiger partial charge in [-0.15, -0.1) is 0 Å². The van der Waals surface area contributed by atoms with Crippen LogP contribution in [0.25, 0.3) is 0 Å². The highest BCUT2D eigenvalue weighted by Gasteiger charge is 2.25. The molecule has 1 aliphatic heterocycles. The van der Waals surface area contributed by atoms with Gasteiger partial charge in [-0.3, -0.25) is 4.99 Å². The van der Waals surface area contributed by atoms with E-state index in [4.69, 9.17) is 19.2 Å². The normalized spacial score (nSPS) is 18.7. The second-order valence-corrected chi connectivity index (χ2v) is 6.64. The Morgan fingerprint density at radius 3 is 2.74 bits per heavy atom. The van der Waals surface area contributed by atoms with Gasteiger partial charge in [-0.05, 0) is 31.0 Å². The molecule has 0 amide bonds. The summed E-state index contributed by atoms with van der Waals surface area (Å²) in [5.41, 5.74) is 0.921. The minimum atomic E-state index is -0.249. The minimum absolute atomic E-state index is 0.199. The van der Waals surface area contributed by atoms with Crippen LogP contribution in [0.3, 0.4) is 0 Å². The van der Waals surface area contributed by atoms with E-state index in [1.807, 2.05) is 0 Å². The van der Waals surface area contributed by atoms with E-state index in [2.05, 4.69) is 17.1 Å². The number of ether oxygens (including phenoxy) is 3. The third-order valence-electron chi connectivity index (χ3n) is 4.64. The minimum Gasteiger partial charge on any atom is -0.382 e. The average Bonchev–Trinajstić information content (AvgIpc) is 3.15. The van der Waals surface area contributed by atoms with E-state index >= 15 is 0 Å². The number of methoxy groups -OCH3 is 2. The van der Waals surface area contributed by atoms with Gasteiger partial charge in [0.15, 0.2) is 5.96 Å². The molecule has 1 aromatic carbocycles. The van der Waals surface area contributed by atoms with Crippen molar-refractivity contribution in [3.05, 3.63) is 35.6 Å². The van der Waals surface area contributed by atoms with Crippen LogP contribution in [0.2, 0.25) is 0 Å². The Balaban J connectivity index is 1.92. The van der Waals surface area contributed by atoms with Gasteiger partial charge in [-0.2, -0.15) is 0 Å². The van der Waals surface area contributed by atoms with Gasteiger partial charge in [0, 0.05) is 39.8 Å². The molecule has 0 bridgehead atoms. The Bertz CT molecular complexity index is 568. The molecule has 7 heteroatoms.